The Bertz CT molecular complexity index is 761. The van der Waals surface area contributed by atoms with Crippen molar-refractivity contribution in [3.63, 3.8) is 0 Å². The molecule has 2 atom stereocenters. The third-order valence-electron chi connectivity index (χ3n) is 4.34. The standard InChI is InChI=1S/C17H19F3N4O2/c1-11(26-13-5-3-2-4-6-13)16(25)21-10-15-23-22-14-9-12(17(18,19)20)7-8-24(14)15/h2-6,11-12H,7-10H2,1H3,(H,21,25)/t11-,12-/m0/s1. The first kappa shape index (κ1) is 18.2. The second-order valence-electron chi connectivity index (χ2n) is 6.21. The number of aromatic nitrogens is 3. The van der Waals surface area contributed by atoms with E-state index in [2.05, 4.69) is 15.5 Å². The predicted octanol–water partition coefficient (Wildman–Crippen LogP) is 2.49. The number of hydrogen-bond acceptors (Lipinski definition) is 4. The molecule has 1 aliphatic heterocycles. The molecule has 140 valence electrons. The average Bonchev–Trinajstić information content (AvgIpc) is 3.02. The number of halogens is 3. The van der Waals surface area contributed by atoms with Crippen LogP contribution in [0.2, 0.25) is 0 Å². The molecule has 1 aliphatic rings. The Labute approximate surface area is 148 Å². The van der Waals surface area contributed by atoms with Gasteiger partial charge in [0.25, 0.3) is 5.91 Å². The normalized spacial score (nSPS) is 18.1. The van der Waals surface area contributed by atoms with Gasteiger partial charge in [-0.1, -0.05) is 18.2 Å². The van der Waals surface area contributed by atoms with Gasteiger partial charge in [0.2, 0.25) is 0 Å². The van der Waals surface area contributed by atoms with E-state index in [1.165, 1.54) is 0 Å². The minimum absolute atomic E-state index is 0.0109. The van der Waals surface area contributed by atoms with Crippen LogP contribution in [0.1, 0.15) is 25.0 Å². The maximum atomic E-state index is 12.8. The van der Waals surface area contributed by atoms with Gasteiger partial charge in [0, 0.05) is 13.0 Å². The van der Waals surface area contributed by atoms with Gasteiger partial charge in [0.15, 0.2) is 11.9 Å². The summed E-state index contributed by atoms with van der Waals surface area (Å²) in [5.41, 5.74) is 0. The summed E-state index contributed by atoms with van der Waals surface area (Å²) in [6, 6.07) is 8.94. The second-order valence-corrected chi connectivity index (χ2v) is 6.21. The van der Waals surface area contributed by atoms with E-state index in [-0.39, 0.29) is 31.8 Å². The van der Waals surface area contributed by atoms with Crippen LogP contribution in [0.25, 0.3) is 0 Å². The molecule has 2 heterocycles. The zero-order valence-corrected chi connectivity index (χ0v) is 14.2. The molecule has 1 aromatic heterocycles. The Morgan fingerprint density at radius 3 is 2.77 bits per heavy atom. The topological polar surface area (TPSA) is 69.0 Å². The molecule has 0 fully saturated rings. The summed E-state index contributed by atoms with van der Waals surface area (Å²) in [5.74, 6) is -0.401. The monoisotopic (exact) mass is 368 g/mol. The first-order valence-corrected chi connectivity index (χ1v) is 8.31. The lowest BCUT2D eigenvalue weighted by molar-refractivity contribution is -0.179. The lowest BCUT2D eigenvalue weighted by atomic mass is 9.97. The van der Waals surface area contributed by atoms with Crippen molar-refractivity contribution in [2.24, 2.45) is 5.92 Å². The quantitative estimate of drug-likeness (QED) is 0.880. The number of carbonyl (C=O) groups is 1. The zero-order valence-electron chi connectivity index (χ0n) is 14.2. The molecule has 0 saturated heterocycles. The van der Waals surface area contributed by atoms with Gasteiger partial charge in [-0.05, 0) is 25.5 Å². The molecule has 0 bridgehead atoms. The number of benzene rings is 1. The van der Waals surface area contributed by atoms with Gasteiger partial charge >= 0.3 is 6.18 Å². The van der Waals surface area contributed by atoms with Crippen molar-refractivity contribution in [3.8, 4) is 5.75 Å². The molecule has 0 spiro atoms. The van der Waals surface area contributed by atoms with Crippen LogP contribution >= 0.6 is 0 Å². The molecule has 0 radical (unpaired) electrons. The fourth-order valence-electron chi connectivity index (χ4n) is 2.87. The number of fused-ring (bicyclic) bond motifs is 1. The minimum Gasteiger partial charge on any atom is -0.481 e. The maximum Gasteiger partial charge on any atom is 0.392 e. The summed E-state index contributed by atoms with van der Waals surface area (Å²) in [4.78, 5) is 12.2. The number of ether oxygens (including phenoxy) is 1. The summed E-state index contributed by atoms with van der Waals surface area (Å²) in [6.07, 6.45) is -5.13. The van der Waals surface area contributed by atoms with Crippen molar-refractivity contribution in [2.45, 2.75) is 45.1 Å². The van der Waals surface area contributed by atoms with E-state index in [0.29, 0.717) is 17.4 Å². The number of alkyl halides is 3. The molecule has 1 N–H and O–H groups in total. The summed E-state index contributed by atoms with van der Waals surface area (Å²) >= 11 is 0. The fourth-order valence-corrected chi connectivity index (χ4v) is 2.87. The SMILES string of the molecule is C[C@H](Oc1ccccc1)C(=O)NCc1nnc2n1CC[C@H](C(F)(F)F)C2. The van der Waals surface area contributed by atoms with E-state index < -0.39 is 18.2 Å². The average molecular weight is 368 g/mol. The fraction of sp³-hybridized carbons (Fsp3) is 0.471. The lowest BCUT2D eigenvalue weighted by Crippen LogP contribution is -2.37. The first-order valence-electron chi connectivity index (χ1n) is 8.31. The predicted molar refractivity (Wildman–Crippen MR) is 86.3 cm³/mol. The van der Waals surface area contributed by atoms with Crippen molar-refractivity contribution in [2.75, 3.05) is 0 Å². The largest absolute Gasteiger partial charge is 0.481 e. The van der Waals surface area contributed by atoms with Crippen LogP contribution in [0.4, 0.5) is 13.2 Å². The highest BCUT2D eigenvalue weighted by molar-refractivity contribution is 5.80. The van der Waals surface area contributed by atoms with Crippen LogP contribution in [0.15, 0.2) is 30.3 Å². The number of amides is 1. The summed E-state index contributed by atoms with van der Waals surface area (Å²) in [6.45, 7) is 1.90. The Morgan fingerprint density at radius 1 is 1.35 bits per heavy atom. The van der Waals surface area contributed by atoms with Crippen molar-refractivity contribution in [1.82, 2.24) is 20.1 Å². The Hall–Kier alpha value is -2.58. The van der Waals surface area contributed by atoms with E-state index in [0.717, 1.165) is 0 Å². The zero-order chi connectivity index (χ0) is 18.7. The molecular formula is C17H19F3N4O2. The number of rotatable bonds is 5. The van der Waals surface area contributed by atoms with Crippen LogP contribution in [0.5, 0.6) is 5.75 Å². The Balaban J connectivity index is 1.56. The van der Waals surface area contributed by atoms with E-state index in [4.69, 9.17) is 4.74 Å². The lowest BCUT2D eigenvalue weighted by Gasteiger charge is -2.25. The molecule has 1 aromatic carbocycles. The highest BCUT2D eigenvalue weighted by Gasteiger charge is 2.42. The maximum absolute atomic E-state index is 12.8. The Kier molecular flexibility index (Phi) is 5.15. The van der Waals surface area contributed by atoms with E-state index in [1.807, 2.05) is 6.07 Å². The molecule has 9 heteroatoms. The molecular weight excluding hydrogens is 349 g/mol. The minimum atomic E-state index is -4.23. The van der Waals surface area contributed by atoms with E-state index >= 15 is 0 Å². The van der Waals surface area contributed by atoms with E-state index in [1.54, 1.807) is 35.8 Å². The summed E-state index contributed by atoms with van der Waals surface area (Å²) in [5, 5.41) is 10.4. The highest BCUT2D eigenvalue weighted by atomic mass is 19.4. The van der Waals surface area contributed by atoms with Crippen molar-refractivity contribution < 1.29 is 22.7 Å². The molecule has 26 heavy (non-hydrogen) atoms. The van der Waals surface area contributed by atoms with Crippen LogP contribution in [-0.2, 0) is 24.3 Å². The first-order chi connectivity index (χ1) is 12.3. The van der Waals surface area contributed by atoms with Crippen LogP contribution in [0.3, 0.4) is 0 Å². The van der Waals surface area contributed by atoms with Crippen LogP contribution in [-0.4, -0.2) is 33.0 Å². The van der Waals surface area contributed by atoms with Gasteiger partial charge in [-0.3, -0.25) is 4.79 Å². The van der Waals surface area contributed by atoms with Crippen molar-refractivity contribution in [3.05, 3.63) is 42.0 Å². The van der Waals surface area contributed by atoms with Crippen LogP contribution < -0.4 is 10.1 Å². The molecule has 0 aliphatic carbocycles. The smallest absolute Gasteiger partial charge is 0.392 e. The molecule has 3 rings (SSSR count). The molecule has 1 amide bonds. The number of nitrogens with zero attached hydrogens (tertiary/aromatic N) is 3. The van der Waals surface area contributed by atoms with Gasteiger partial charge in [0.1, 0.15) is 11.6 Å². The Morgan fingerprint density at radius 2 is 2.08 bits per heavy atom. The van der Waals surface area contributed by atoms with E-state index in [9.17, 15) is 18.0 Å². The summed E-state index contributed by atoms with van der Waals surface area (Å²) < 4.78 is 45.7. The van der Waals surface area contributed by atoms with Gasteiger partial charge in [-0.25, -0.2) is 0 Å². The second kappa shape index (κ2) is 7.35. The van der Waals surface area contributed by atoms with Gasteiger partial charge < -0.3 is 14.6 Å². The number of hydrogen-bond donors (Lipinski definition) is 1. The summed E-state index contributed by atoms with van der Waals surface area (Å²) in [7, 11) is 0. The third-order valence-corrected chi connectivity index (χ3v) is 4.34. The highest BCUT2D eigenvalue weighted by Crippen LogP contribution is 2.34. The van der Waals surface area contributed by atoms with Crippen molar-refractivity contribution in [1.29, 1.82) is 0 Å². The number of carbonyl (C=O) groups excluding carboxylic acids is 1. The molecule has 6 nitrogen and oxygen atoms in total. The number of para-hydroxylation sites is 1. The van der Waals surface area contributed by atoms with Crippen molar-refractivity contribution >= 4 is 5.91 Å². The number of nitrogens with one attached hydrogen (secondary N) is 1. The van der Waals surface area contributed by atoms with Crippen LogP contribution in [0, 0.1) is 5.92 Å². The van der Waals surface area contributed by atoms with Gasteiger partial charge in [-0.15, -0.1) is 10.2 Å². The molecule has 2 aromatic rings. The molecule has 0 unspecified atom stereocenters. The molecule has 0 saturated carbocycles. The van der Waals surface area contributed by atoms with Gasteiger partial charge in [-0.2, -0.15) is 13.2 Å². The third kappa shape index (κ3) is 4.14. The van der Waals surface area contributed by atoms with Gasteiger partial charge in [0.05, 0.1) is 12.5 Å².